The van der Waals surface area contributed by atoms with E-state index in [1.54, 1.807) is 0 Å². The number of hydrogen-bond acceptors (Lipinski definition) is 4. The summed E-state index contributed by atoms with van der Waals surface area (Å²) in [5.41, 5.74) is -0.810. The van der Waals surface area contributed by atoms with Crippen molar-refractivity contribution in [2.75, 3.05) is 32.7 Å². The molecule has 1 saturated carbocycles. The third kappa shape index (κ3) is 6.34. The molecule has 0 bridgehead atoms. The van der Waals surface area contributed by atoms with Crippen LogP contribution in [0.2, 0.25) is 0 Å². The lowest BCUT2D eigenvalue weighted by molar-refractivity contribution is -0.140. The molecule has 3 rings (SSSR count). The van der Waals surface area contributed by atoms with Crippen molar-refractivity contribution in [1.82, 2.24) is 20.5 Å². The largest absolute Gasteiger partial charge is 0.434 e. The Bertz CT molecular complexity index is 640. The van der Waals surface area contributed by atoms with E-state index in [-0.39, 0.29) is 0 Å². The van der Waals surface area contributed by atoms with Crippen molar-refractivity contribution in [1.29, 1.82) is 0 Å². The van der Waals surface area contributed by atoms with Gasteiger partial charge in [-0.15, -0.1) is 11.3 Å². The zero-order valence-electron chi connectivity index (χ0n) is 16.4. The van der Waals surface area contributed by atoms with E-state index in [1.165, 1.54) is 32.2 Å². The molecule has 28 heavy (non-hydrogen) atoms. The van der Waals surface area contributed by atoms with Gasteiger partial charge < -0.3 is 15.5 Å². The second kappa shape index (κ2) is 9.91. The van der Waals surface area contributed by atoms with E-state index in [2.05, 4.69) is 25.5 Å². The number of nitrogens with one attached hydrogen (secondary N) is 2. The van der Waals surface area contributed by atoms with Crippen molar-refractivity contribution in [3.8, 4) is 0 Å². The van der Waals surface area contributed by atoms with E-state index in [0.29, 0.717) is 24.0 Å². The molecule has 2 aliphatic rings. The minimum Gasteiger partial charge on any atom is -0.357 e. The van der Waals surface area contributed by atoms with Crippen LogP contribution in [0.15, 0.2) is 10.4 Å². The number of thiazole rings is 1. The molecule has 2 N–H and O–H groups in total. The maximum atomic E-state index is 12.6. The number of aromatic nitrogens is 1. The summed E-state index contributed by atoms with van der Waals surface area (Å²) in [6.07, 6.45) is 2.62. The molecule has 1 aromatic heterocycles. The normalized spacial score (nSPS) is 22.1. The molecule has 2 heterocycles. The first-order chi connectivity index (χ1) is 13.4. The lowest BCUT2D eigenvalue weighted by Crippen LogP contribution is -2.45. The van der Waals surface area contributed by atoms with Crippen LogP contribution in [0.3, 0.4) is 0 Å². The average Bonchev–Trinajstić information content (AvgIpc) is 3.37. The molecular weight excluding hydrogens is 387 g/mol. The first kappa shape index (κ1) is 21.4. The van der Waals surface area contributed by atoms with Crippen molar-refractivity contribution in [2.45, 2.75) is 57.7 Å². The molecule has 1 aromatic rings. The Morgan fingerprint density at radius 2 is 2.11 bits per heavy atom. The molecule has 0 amide bonds. The molecule has 1 atom stereocenters. The van der Waals surface area contributed by atoms with E-state index in [0.717, 1.165) is 54.6 Å². The van der Waals surface area contributed by atoms with Gasteiger partial charge in [-0.3, -0.25) is 4.99 Å². The number of rotatable bonds is 7. The predicted octanol–water partition coefficient (Wildman–Crippen LogP) is 3.52. The Balaban J connectivity index is 1.45. The van der Waals surface area contributed by atoms with Crippen molar-refractivity contribution < 1.29 is 13.2 Å². The van der Waals surface area contributed by atoms with Gasteiger partial charge in [-0.2, -0.15) is 13.2 Å². The highest BCUT2D eigenvalue weighted by atomic mass is 32.1. The molecule has 1 aliphatic carbocycles. The van der Waals surface area contributed by atoms with Gasteiger partial charge >= 0.3 is 6.18 Å². The molecule has 9 heteroatoms. The minimum absolute atomic E-state index is 0.371. The number of alkyl halides is 3. The molecule has 2 fully saturated rings. The zero-order valence-corrected chi connectivity index (χ0v) is 17.2. The second-order valence-corrected chi connectivity index (χ2v) is 8.62. The fourth-order valence-electron chi connectivity index (χ4n) is 4.01. The fourth-order valence-corrected chi connectivity index (χ4v) is 4.80. The first-order valence-electron chi connectivity index (χ1n) is 10.2. The van der Waals surface area contributed by atoms with Crippen molar-refractivity contribution in [3.05, 3.63) is 16.1 Å². The minimum atomic E-state index is -4.37. The Kier molecular flexibility index (Phi) is 7.56. The molecule has 1 unspecified atom stereocenters. The highest BCUT2D eigenvalue weighted by molar-refractivity contribution is 7.09. The van der Waals surface area contributed by atoms with Gasteiger partial charge in [0.2, 0.25) is 0 Å². The molecule has 1 saturated heterocycles. The van der Waals surface area contributed by atoms with Gasteiger partial charge in [0.25, 0.3) is 0 Å². The maximum absolute atomic E-state index is 12.6. The molecule has 0 aromatic carbocycles. The molecule has 0 spiro atoms. The van der Waals surface area contributed by atoms with Gasteiger partial charge in [0.05, 0.1) is 5.01 Å². The first-order valence-corrected chi connectivity index (χ1v) is 11.1. The highest BCUT2D eigenvalue weighted by Gasteiger charge is 2.33. The van der Waals surface area contributed by atoms with Crippen LogP contribution >= 0.6 is 11.3 Å². The Morgan fingerprint density at radius 3 is 2.79 bits per heavy atom. The number of nitrogens with zero attached hydrogens (tertiary/aromatic N) is 3. The molecule has 158 valence electrons. The number of guanidine groups is 1. The predicted molar refractivity (Wildman–Crippen MR) is 107 cm³/mol. The summed E-state index contributed by atoms with van der Waals surface area (Å²) in [5, 5.41) is 8.26. The van der Waals surface area contributed by atoms with Gasteiger partial charge in [-0.1, -0.05) is 12.8 Å². The molecular formula is C19H30F3N5S. The van der Waals surface area contributed by atoms with Crippen LogP contribution in [0.5, 0.6) is 0 Å². The van der Waals surface area contributed by atoms with E-state index in [4.69, 9.17) is 0 Å². The standard InChI is InChI=1S/C19H30F3N5S/c1-2-23-18(24-9-7-17-26-16(13-28-17)19(20,21)22)25-15-8-10-27(12-15)11-14-5-3-4-6-14/h13-15H,2-12H2,1H3,(H2,23,24,25). The van der Waals surface area contributed by atoms with Gasteiger partial charge in [0, 0.05) is 50.6 Å². The molecule has 1 aliphatic heterocycles. The smallest absolute Gasteiger partial charge is 0.357 e. The summed E-state index contributed by atoms with van der Waals surface area (Å²) < 4.78 is 37.9. The van der Waals surface area contributed by atoms with E-state index >= 15 is 0 Å². The lowest BCUT2D eigenvalue weighted by Gasteiger charge is -2.21. The van der Waals surface area contributed by atoms with Crippen molar-refractivity contribution >= 4 is 17.3 Å². The van der Waals surface area contributed by atoms with Gasteiger partial charge in [0.15, 0.2) is 11.7 Å². The second-order valence-electron chi connectivity index (χ2n) is 7.67. The summed E-state index contributed by atoms with van der Waals surface area (Å²) in [4.78, 5) is 10.7. The van der Waals surface area contributed by atoms with Crippen molar-refractivity contribution in [2.24, 2.45) is 10.9 Å². The summed E-state index contributed by atoms with van der Waals surface area (Å²) in [6, 6.07) is 0.371. The van der Waals surface area contributed by atoms with Crippen LogP contribution in [0.1, 0.15) is 49.7 Å². The molecule has 5 nitrogen and oxygen atoms in total. The Hall–Kier alpha value is -1.35. The zero-order chi connectivity index (χ0) is 20.0. The van der Waals surface area contributed by atoms with Gasteiger partial charge in [-0.05, 0) is 32.1 Å². The topological polar surface area (TPSA) is 52.6 Å². The van der Waals surface area contributed by atoms with E-state index in [9.17, 15) is 13.2 Å². The van der Waals surface area contributed by atoms with Crippen LogP contribution < -0.4 is 10.6 Å². The van der Waals surface area contributed by atoms with E-state index < -0.39 is 11.9 Å². The number of halogens is 3. The summed E-state index contributed by atoms with van der Waals surface area (Å²) in [5.74, 6) is 1.60. The third-order valence-corrected chi connectivity index (χ3v) is 6.29. The highest BCUT2D eigenvalue weighted by Crippen LogP contribution is 2.30. The average molecular weight is 418 g/mol. The quantitative estimate of drug-likeness (QED) is 0.527. The summed E-state index contributed by atoms with van der Waals surface area (Å²) in [7, 11) is 0. The van der Waals surface area contributed by atoms with Crippen LogP contribution in [0.25, 0.3) is 0 Å². The van der Waals surface area contributed by atoms with Gasteiger partial charge in [-0.25, -0.2) is 4.98 Å². The number of likely N-dealkylation sites (tertiary alicyclic amines) is 1. The maximum Gasteiger partial charge on any atom is 0.434 e. The fraction of sp³-hybridized carbons (Fsp3) is 0.789. The van der Waals surface area contributed by atoms with Crippen LogP contribution in [-0.2, 0) is 12.6 Å². The monoisotopic (exact) mass is 417 g/mol. The lowest BCUT2D eigenvalue weighted by atomic mass is 10.1. The van der Waals surface area contributed by atoms with Crippen LogP contribution in [-0.4, -0.2) is 54.6 Å². The summed E-state index contributed by atoms with van der Waals surface area (Å²) >= 11 is 1.04. The number of hydrogen-bond donors (Lipinski definition) is 2. The summed E-state index contributed by atoms with van der Waals surface area (Å²) in [6.45, 7) is 6.53. The Morgan fingerprint density at radius 1 is 1.32 bits per heavy atom. The SMILES string of the molecule is CCNC(=NCCc1nc(C(F)(F)F)cs1)NC1CCN(CC2CCCC2)C1. The van der Waals surface area contributed by atoms with Crippen LogP contribution in [0, 0.1) is 5.92 Å². The number of aliphatic imine (C=N–C) groups is 1. The van der Waals surface area contributed by atoms with Gasteiger partial charge in [0.1, 0.15) is 0 Å². The molecule has 0 radical (unpaired) electrons. The van der Waals surface area contributed by atoms with E-state index in [1.807, 2.05) is 6.92 Å². The van der Waals surface area contributed by atoms with Crippen LogP contribution in [0.4, 0.5) is 13.2 Å². The van der Waals surface area contributed by atoms with Crippen molar-refractivity contribution in [3.63, 3.8) is 0 Å². The third-order valence-electron chi connectivity index (χ3n) is 5.39. The Labute approximate surface area is 168 Å².